The Bertz CT molecular complexity index is 719. The summed E-state index contributed by atoms with van der Waals surface area (Å²) in [6.07, 6.45) is -0.538. The molecule has 2 unspecified atom stereocenters. The summed E-state index contributed by atoms with van der Waals surface area (Å²) in [7, 11) is 1.60. The van der Waals surface area contributed by atoms with Crippen molar-refractivity contribution in [3.63, 3.8) is 0 Å². The minimum Gasteiger partial charge on any atom is -0.493 e. The molecule has 1 aromatic carbocycles. The van der Waals surface area contributed by atoms with Crippen LogP contribution in [0.15, 0.2) is 34.1 Å². The summed E-state index contributed by atoms with van der Waals surface area (Å²) in [6.45, 7) is 4.39. The van der Waals surface area contributed by atoms with E-state index < -0.39 is 12.0 Å². The van der Waals surface area contributed by atoms with Crippen molar-refractivity contribution in [1.82, 2.24) is 5.32 Å². The zero-order chi connectivity index (χ0) is 18.4. The van der Waals surface area contributed by atoms with Crippen LogP contribution < -0.4 is 14.8 Å². The Kier molecular flexibility index (Phi) is 7.28. The second kappa shape index (κ2) is 9.22. The van der Waals surface area contributed by atoms with Crippen LogP contribution in [-0.4, -0.2) is 30.8 Å². The third kappa shape index (κ3) is 5.45. The molecular formula is C18H22BrNO4S. The number of methoxy groups -OCH3 is 1. The summed E-state index contributed by atoms with van der Waals surface area (Å²) in [5, 5.41) is 13.0. The third-order valence-corrected chi connectivity index (χ3v) is 5.25. The van der Waals surface area contributed by atoms with Crippen LogP contribution in [0.5, 0.6) is 11.5 Å². The molecule has 1 heterocycles. The van der Waals surface area contributed by atoms with Gasteiger partial charge in [0.15, 0.2) is 17.6 Å². The Morgan fingerprint density at radius 2 is 2.08 bits per heavy atom. The fourth-order valence-corrected chi connectivity index (χ4v) is 3.85. The van der Waals surface area contributed by atoms with E-state index in [-0.39, 0.29) is 6.04 Å². The van der Waals surface area contributed by atoms with E-state index in [1.165, 1.54) is 11.3 Å². The maximum Gasteiger partial charge on any atom is 0.254 e. The molecule has 5 nitrogen and oxygen atoms in total. The number of carbonyl (C=O) groups excluding carboxylic acids is 1. The summed E-state index contributed by atoms with van der Waals surface area (Å²) in [5.41, 5.74) is 1.02. The number of ether oxygens (including phenoxy) is 2. The van der Waals surface area contributed by atoms with Gasteiger partial charge < -0.3 is 19.9 Å². The van der Waals surface area contributed by atoms with Gasteiger partial charge in [0.25, 0.3) is 5.91 Å². The topological polar surface area (TPSA) is 67.8 Å². The summed E-state index contributed by atoms with van der Waals surface area (Å²) in [5.74, 6) is 0.963. The van der Waals surface area contributed by atoms with Crippen LogP contribution in [0.1, 0.15) is 30.4 Å². The zero-order valence-corrected chi connectivity index (χ0v) is 16.8. The van der Waals surface area contributed by atoms with Gasteiger partial charge in [0.05, 0.1) is 17.5 Å². The molecule has 0 aliphatic carbocycles. The van der Waals surface area contributed by atoms with E-state index >= 15 is 0 Å². The fourth-order valence-electron chi connectivity index (χ4n) is 2.44. The number of halogens is 1. The number of hydrogen-bond acceptors (Lipinski definition) is 5. The van der Waals surface area contributed by atoms with E-state index in [1.54, 1.807) is 13.2 Å². The van der Waals surface area contributed by atoms with Crippen LogP contribution in [0, 0.1) is 0 Å². The Labute approximate surface area is 160 Å². The van der Waals surface area contributed by atoms with Gasteiger partial charge in [-0.3, -0.25) is 4.79 Å². The highest BCUT2D eigenvalue weighted by Crippen LogP contribution is 2.29. The first-order chi connectivity index (χ1) is 11.9. The van der Waals surface area contributed by atoms with Crippen molar-refractivity contribution in [2.75, 3.05) is 13.7 Å². The highest BCUT2D eigenvalue weighted by atomic mass is 79.9. The minimum absolute atomic E-state index is 0.131. The number of aliphatic hydroxyl groups is 1. The molecule has 7 heteroatoms. The van der Waals surface area contributed by atoms with E-state index in [2.05, 4.69) is 21.2 Å². The Hall–Kier alpha value is -1.57. The minimum atomic E-state index is -1.16. The van der Waals surface area contributed by atoms with Gasteiger partial charge in [-0.15, -0.1) is 11.3 Å². The van der Waals surface area contributed by atoms with Gasteiger partial charge in [-0.2, -0.15) is 0 Å². The van der Waals surface area contributed by atoms with E-state index in [4.69, 9.17) is 9.47 Å². The monoisotopic (exact) mass is 427 g/mol. The van der Waals surface area contributed by atoms with Crippen molar-refractivity contribution >= 4 is 33.2 Å². The van der Waals surface area contributed by atoms with Crippen LogP contribution in [0.4, 0.5) is 0 Å². The largest absolute Gasteiger partial charge is 0.493 e. The number of hydrogen-bond donors (Lipinski definition) is 2. The fraction of sp³-hybridized carbons (Fsp3) is 0.389. The third-order valence-electron chi connectivity index (χ3n) is 3.57. The quantitative estimate of drug-likeness (QED) is 0.673. The molecule has 0 saturated heterocycles. The molecule has 0 saturated carbocycles. The van der Waals surface area contributed by atoms with Crippen LogP contribution in [0.2, 0.25) is 0 Å². The molecule has 0 aliphatic rings. The lowest BCUT2D eigenvalue weighted by molar-refractivity contribution is -0.130. The van der Waals surface area contributed by atoms with Crippen molar-refractivity contribution < 1.29 is 19.4 Å². The Morgan fingerprint density at radius 1 is 1.32 bits per heavy atom. The summed E-state index contributed by atoms with van der Waals surface area (Å²) in [6, 6.07) is 9.13. The average molecular weight is 428 g/mol. The molecule has 25 heavy (non-hydrogen) atoms. The van der Waals surface area contributed by atoms with E-state index in [0.29, 0.717) is 29.4 Å². The predicted molar refractivity (Wildman–Crippen MR) is 102 cm³/mol. The number of carbonyl (C=O) groups is 1. The van der Waals surface area contributed by atoms with Crippen LogP contribution in [0.25, 0.3) is 0 Å². The van der Waals surface area contributed by atoms with Crippen molar-refractivity contribution in [1.29, 1.82) is 0 Å². The van der Waals surface area contributed by atoms with Crippen LogP contribution in [-0.2, 0) is 11.2 Å². The van der Waals surface area contributed by atoms with Gasteiger partial charge in [-0.1, -0.05) is 6.07 Å². The number of benzene rings is 1. The van der Waals surface area contributed by atoms with Gasteiger partial charge in [0.1, 0.15) is 0 Å². The van der Waals surface area contributed by atoms with Crippen molar-refractivity contribution in [3.05, 3.63) is 44.6 Å². The SMILES string of the molecule is CCOc1ccc(CC(C)NC(=O)C(O)c2ccc(Br)s2)cc1OC. The molecule has 2 N–H and O–H groups in total. The lowest BCUT2D eigenvalue weighted by atomic mass is 10.1. The Morgan fingerprint density at radius 3 is 2.68 bits per heavy atom. The van der Waals surface area contributed by atoms with E-state index in [0.717, 1.165) is 9.35 Å². The van der Waals surface area contributed by atoms with Gasteiger partial charge in [0, 0.05) is 10.9 Å². The van der Waals surface area contributed by atoms with Gasteiger partial charge >= 0.3 is 0 Å². The normalized spacial score (nSPS) is 13.2. The second-order valence-electron chi connectivity index (χ2n) is 5.58. The molecule has 1 amide bonds. The lowest BCUT2D eigenvalue weighted by Crippen LogP contribution is -2.37. The number of aliphatic hydroxyl groups excluding tert-OH is 1. The number of nitrogens with one attached hydrogen (secondary N) is 1. The van der Waals surface area contributed by atoms with Gasteiger partial charge in [-0.05, 0) is 66.0 Å². The average Bonchev–Trinajstić information content (AvgIpc) is 3.01. The molecular weight excluding hydrogens is 406 g/mol. The molecule has 0 aliphatic heterocycles. The first-order valence-corrected chi connectivity index (χ1v) is 9.59. The van der Waals surface area contributed by atoms with Crippen molar-refractivity contribution in [3.8, 4) is 11.5 Å². The predicted octanol–water partition coefficient (Wildman–Crippen LogP) is 3.70. The van der Waals surface area contributed by atoms with E-state index in [9.17, 15) is 9.90 Å². The highest BCUT2D eigenvalue weighted by Gasteiger charge is 2.21. The molecule has 136 valence electrons. The molecule has 0 bridgehead atoms. The number of amides is 1. The molecule has 2 atom stereocenters. The molecule has 0 spiro atoms. The summed E-state index contributed by atoms with van der Waals surface area (Å²) >= 11 is 4.67. The highest BCUT2D eigenvalue weighted by molar-refractivity contribution is 9.11. The molecule has 2 aromatic rings. The molecule has 0 fully saturated rings. The van der Waals surface area contributed by atoms with Crippen LogP contribution >= 0.6 is 27.3 Å². The Balaban J connectivity index is 1.97. The number of thiophene rings is 1. The zero-order valence-electron chi connectivity index (χ0n) is 14.4. The molecule has 0 radical (unpaired) electrons. The lowest BCUT2D eigenvalue weighted by Gasteiger charge is -2.17. The smallest absolute Gasteiger partial charge is 0.254 e. The second-order valence-corrected chi connectivity index (χ2v) is 8.07. The van der Waals surface area contributed by atoms with Gasteiger partial charge in [-0.25, -0.2) is 0 Å². The maximum atomic E-state index is 12.2. The van der Waals surface area contributed by atoms with Gasteiger partial charge in [0.2, 0.25) is 0 Å². The molecule has 2 rings (SSSR count). The summed E-state index contributed by atoms with van der Waals surface area (Å²) < 4.78 is 11.7. The summed E-state index contributed by atoms with van der Waals surface area (Å²) in [4.78, 5) is 12.8. The van der Waals surface area contributed by atoms with Crippen molar-refractivity contribution in [2.45, 2.75) is 32.4 Å². The van der Waals surface area contributed by atoms with E-state index in [1.807, 2.05) is 38.1 Å². The van der Waals surface area contributed by atoms with Crippen LogP contribution in [0.3, 0.4) is 0 Å². The first kappa shape index (κ1) is 19.8. The maximum absolute atomic E-state index is 12.2. The first-order valence-electron chi connectivity index (χ1n) is 7.98. The molecule has 1 aromatic heterocycles. The number of rotatable bonds is 8. The standard InChI is InChI=1S/C18H22BrNO4S/c1-4-24-13-6-5-12(10-14(13)23-3)9-11(2)20-18(22)17(21)15-7-8-16(19)25-15/h5-8,10-11,17,21H,4,9H2,1-3H3,(H,20,22). The van der Waals surface area contributed by atoms with Crippen molar-refractivity contribution in [2.24, 2.45) is 0 Å².